The maximum atomic E-state index is 12.7. The number of rotatable bonds is 5. The van der Waals surface area contributed by atoms with E-state index in [0.29, 0.717) is 29.7 Å². The van der Waals surface area contributed by atoms with Crippen LogP contribution in [0, 0.1) is 6.92 Å². The lowest BCUT2D eigenvalue weighted by Gasteiger charge is -2.37. The Morgan fingerprint density at radius 3 is 2.83 bits per heavy atom. The molecule has 10 heteroatoms. The van der Waals surface area contributed by atoms with Crippen LogP contribution in [0.25, 0.3) is 0 Å². The van der Waals surface area contributed by atoms with Crippen LogP contribution in [0.2, 0.25) is 0 Å². The van der Waals surface area contributed by atoms with Gasteiger partial charge in [-0.15, -0.1) is 16.5 Å². The molecule has 9 nitrogen and oxygen atoms in total. The van der Waals surface area contributed by atoms with Crippen LogP contribution in [0.5, 0.6) is 0 Å². The molecule has 0 spiro atoms. The van der Waals surface area contributed by atoms with Crippen LogP contribution in [0.1, 0.15) is 33.6 Å². The van der Waals surface area contributed by atoms with E-state index in [-0.39, 0.29) is 5.91 Å². The first-order valence-electron chi connectivity index (χ1n) is 12.2. The molecule has 5 heterocycles. The third-order valence-corrected chi connectivity index (χ3v) is 8.06. The van der Waals surface area contributed by atoms with Crippen molar-refractivity contribution in [2.45, 2.75) is 32.7 Å². The summed E-state index contributed by atoms with van der Waals surface area (Å²) in [5, 5.41) is 13.8. The molecule has 184 valence electrons. The first-order valence-corrected chi connectivity index (χ1v) is 13.0. The molecule has 1 unspecified atom stereocenters. The monoisotopic (exact) mass is 492 g/mol. The maximum absolute atomic E-state index is 12.7. The standard InChI is InChI=1S/C25H32N8OS/c1-4-21-5-6-24(35-21)25(34)28-19-12-23(17(2)27-14-19)33-16-22(29-30-33)18-11-20(15-26-13-18)32-9-7-31(3)8-10-32/h5-6,12,14-15,20H,4,7-11,13,16H2,1-3H3,(H,28,34)/b22-18-. The molecule has 3 aliphatic heterocycles. The van der Waals surface area contributed by atoms with Crippen LogP contribution in [-0.4, -0.2) is 79.3 Å². The van der Waals surface area contributed by atoms with Gasteiger partial charge in [0, 0.05) is 43.3 Å². The van der Waals surface area contributed by atoms with Crippen LogP contribution in [-0.2, 0) is 6.42 Å². The number of nitrogens with zero attached hydrogens (tertiary/aromatic N) is 7. The Hall–Kier alpha value is -2.95. The first kappa shape index (κ1) is 23.8. The average Bonchev–Trinajstić information content (AvgIpc) is 3.56. The van der Waals surface area contributed by atoms with E-state index in [2.05, 4.69) is 55.6 Å². The maximum Gasteiger partial charge on any atom is 0.265 e. The Morgan fingerprint density at radius 2 is 2.06 bits per heavy atom. The van der Waals surface area contributed by atoms with E-state index in [1.807, 2.05) is 30.1 Å². The third kappa shape index (κ3) is 5.34. The number of hydrogen-bond donors (Lipinski definition) is 1. The molecule has 0 aromatic carbocycles. The van der Waals surface area contributed by atoms with Gasteiger partial charge < -0.3 is 10.2 Å². The molecule has 0 aliphatic carbocycles. The number of aliphatic imine (C=N–C) groups is 1. The van der Waals surface area contributed by atoms with E-state index in [4.69, 9.17) is 0 Å². The number of thiophene rings is 1. The number of likely N-dealkylation sites (N-methyl/N-ethyl adjacent to an activating group) is 1. The van der Waals surface area contributed by atoms with E-state index < -0.39 is 0 Å². The number of pyridine rings is 1. The Labute approximate surface area is 210 Å². The molecular weight excluding hydrogens is 460 g/mol. The summed E-state index contributed by atoms with van der Waals surface area (Å²) >= 11 is 1.52. The summed E-state index contributed by atoms with van der Waals surface area (Å²) in [5.74, 6) is -0.118. The van der Waals surface area contributed by atoms with Crippen LogP contribution < -0.4 is 10.3 Å². The van der Waals surface area contributed by atoms with Crippen molar-refractivity contribution in [1.82, 2.24) is 14.8 Å². The fourth-order valence-electron chi connectivity index (χ4n) is 4.60. The molecule has 35 heavy (non-hydrogen) atoms. The molecule has 1 amide bonds. The summed E-state index contributed by atoms with van der Waals surface area (Å²) in [6, 6.07) is 6.13. The second kappa shape index (κ2) is 10.3. The fraction of sp³-hybridized carbons (Fsp3) is 0.480. The molecule has 5 rings (SSSR count). The largest absolute Gasteiger partial charge is 0.320 e. The van der Waals surface area contributed by atoms with Crippen molar-refractivity contribution in [3.05, 3.63) is 51.1 Å². The number of carbonyl (C=O) groups excluding carboxylic acids is 1. The Kier molecular flexibility index (Phi) is 7.03. The molecule has 1 atom stereocenters. The molecule has 2 aromatic rings. The van der Waals surface area contributed by atoms with Gasteiger partial charge in [0.1, 0.15) is 0 Å². The number of carbonyl (C=O) groups is 1. The van der Waals surface area contributed by atoms with Gasteiger partial charge in [-0.1, -0.05) is 12.1 Å². The average molecular weight is 493 g/mol. The minimum Gasteiger partial charge on any atom is -0.320 e. The highest BCUT2D eigenvalue weighted by Gasteiger charge is 2.27. The molecule has 0 radical (unpaired) electrons. The van der Waals surface area contributed by atoms with Crippen molar-refractivity contribution in [3.63, 3.8) is 0 Å². The molecule has 0 bridgehead atoms. The van der Waals surface area contributed by atoms with E-state index in [9.17, 15) is 4.79 Å². The van der Waals surface area contributed by atoms with E-state index in [0.717, 1.165) is 56.1 Å². The zero-order valence-electron chi connectivity index (χ0n) is 20.6. The molecule has 1 fully saturated rings. The van der Waals surface area contributed by atoms with Crippen LogP contribution in [0.15, 0.2) is 51.0 Å². The van der Waals surface area contributed by atoms with Crippen LogP contribution in [0.4, 0.5) is 11.4 Å². The lowest BCUT2D eigenvalue weighted by Crippen LogP contribution is -2.50. The van der Waals surface area contributed by atoms with Crippen LogP contribution in [0.3, 0.4) is 0 Å². The summed E-state index contributed by atoms with van der Waals surface area (Å²) < 4.78 is 0. The Morgan fingerprint density at radius 1 is 1.23 bits per heavy atom. The highest BCUT2D eigenvalue weighted by Crippen LogP contribution is 2.30. The highest BCUT2D eigenvalue weighted by molar-refractivity contribution is 7.14. The number of amides is 1. The van der Waals surface area contributed by atoms with Gasteiger partial charge in [0.2, 0.25) is 0 Å². The van der Waals surface area contributed by atoms with Crippen molar-refractivity contribution >= 4 is 34.8 Å². The SMILES string of the molecule is CCc1ccc(C(=O)Nc2cnc(C)c(N3C/C(=C4/CN=CC(N5CCN(C)CC5)C4)N=N3)c2)s1. The minimum atomic E-state index is -0.118. The molecular formula is C25H32N8OS. The van der Waals surface area contributed by atoms with Gasteiger partial charge in [0.15, 0.2) is 0 Å². The predicted octanol–water partition coefficient (Wildman–Crippen LogP) is 3.80. The molecule has 3 aliphatic rings. The zero-order chi connectivity index (χ0) is 24.4. The number of anilines is 2. The predicted molar refractivity (Wildman–Crippen MR) is 141 cm³/mol. The summed E-state index contributed by atoms with van der Waals surface area (Å²) in [7, 11) is 2.18. The van der Waals surface area contributed by atoms with Gasteiger partial charge in [0.25, 0.3) is 5.91 Å². The summed E-state index contributed by atoms with van der Waals surface area (Å²) in [6.07, 6.45) is 5.67. The molecule has 2 aromatic heterocycles. The third-order valence-electron chi connectivity index (χ3n) is 6.83. The van der Waals surface area contributed by atoms with Crippen molar-refractivity contribution in [1.29, 1.82) is 0 Å². The summed E-state index contributed by atoms with van der Waals surface area (Å²) in [5.41, 5.74) is 4.57. The fourth-order valence-corrected chi connectivity index (χ4v) is 5.45. The van der Waals surface area contributed by atoms with E-state index >= 15 is 0 Å². The molecule has 0 saturated carbocycles. The van der Waals surface area contributed by atoms with E-state index in [1.165, 1.54) is 21.8 Å². The number of hydrogen-bond acceptors (Lipinski definition) is 9. The van der Waals surface area contributed by atoms with Crippen LogP contribution >= 0.6 is 11.3 Å². The quantitative estimate of drug-likeness (QED) is 0.686. The van der Waals surface area contributed by atoms with Gasteiger partial charge in [-0.05, 0) is 50.6 Å². The van der Waals surface area contributed by atoms with Gasteiger partial charge in [-0.25, -0.2) is 5.01 Å². The second-order valence-electron chi connectivity index (χ2n) is 9.30. The van der Waals surface area contributed by atoms with Crippen molar-refractivity contribution in [3.8, 4) is 0 Å². The van der Waals surface area contributed by atoms with Gasteiger partial charge >= 0.3 is 0 Å². The van der Waals surface area contributed by atoms with Crippen molar-refractivity contribution < 1.29 is 4.79 Å². The molecule has 1 saturated heterocycles. The van der Waals surface area contributed by atoms with Gasteiger partial charge in [0.05, 0.1) is 46.9 Å². The van der Waals surface area contributed by atoms with Crippen molar-refractivity contribution in [2.75, 3.05) is 56.6 Å². The number of aryl methyl sites for hydroxylation is 2. The van der Waals surface area contributed by atoms with Crippen molar-refractivity contribution in [2.24, 2.45) is 15.3 Å². The minimum absolute atomic E-state index is 0.118. The highest BCUT2D eigenvalue weighted by atomic mass is 32.1. The van der Waals surface area contributed by atoms with Gasteiger partial charge in [-0.2, -0.15) is 0 Å². The number of aromatic nitrogens is 1. The Balaban J connectivity index is 1.27. The molecule has 1 N–H and O–H groups in total. The normalized spacial score (nSPS) is 23.3. The lowest BCUT2D eigenvalue weighted by atomic mass is 10.00. The smallest absolute Gasteiger partial charge is 0.265 e. The number of piperazine rings is 1. The zero-order valence-corrected chi connectivity index (χ0v) is 21.4. The number of nitrogens with one attached hydrogen (secondary N) is 1. The lowest BCUT2D eigenvalue weighted by molar-refractivity contribution is 0.103. The van der Waals surface area contributed by atoms with E-state index in [1.54, 1.807) is 6.20 Å². The first-order chi connectivity index (χ1) is 17.0. The Bertz CT molecular complexity index is 1180. The topological polar surface area (TPSA) is 88.8 Å². The van der Waals surface area contributed by atoms with Gasteiger partial charge in [-0.3, -0.25) is 19.7 Å². The summed E-state index contributed by atoms with van der Waals surface area (Å²) in [4.78, 5) is 28.6. The summed E-state index contributed by atoms with van der Waals surface area (Å²) in [6.45, 7) is 9.62. The second-order valence-corrected chi connectivity index (χ2v) is 10.5.